The Morgan fingerprint density at radius 1 is 1.39 bits per heavy atom. The Morgan fingerprint density at radius 2 is 2.17 bits per heavy atom. The summed E-state index contributed by atoms with van der Waals surface area (Å²) < 4.78 is 0. The summed E-state index contributed by atoms with van der Waals surface area (Å²) in [7, 11) is 0. The maximum atomic E-state index is 10.2. The highest BCUT2D eigenvalue weighted by molar-refractivity contribution is 4.99. The van der Waals surface area contributed by atoms with Gasteiger partial charge >= 0.3 is 0 Å². The van der Waals surface area contributed by atoms with Gasteiger partial charge in [-0.2, -0.15) is 0 Å². The van der Waals surface area contributed by atoms with E-state index in [-0.39, 0.29) is 11.5 Å². The Bertz CT molecular complexity index is 299. The zero-order valence-corrected chi connectivity index (χ0v) is 12.1. The molecule has 1 aliphatic heterocycles. The van der Waals surface area contributed by atoms with Gasteiger partial charge in [0.2, 0.25) is 0 Å². The highest BCUT2D eigenvalue weighted by atomic mass is 16.3. The van der Waals surface area contributed by atoms with Gasteiger partial charge in [0.05, 0.1) is 6.10 Å². The minimum Gasteiger partial charge on any atom is -0.393 e. The second-order valence-corrected chi connectivity index (χ2v) is 6.34. The molecule has 2 fully saturated rings. The Morgan fingerprint density at radius 3 is 2.83 bits per heavy atom. The zero-order chi connectivity index (χ0) is 13.0. The molecule has 1 aliphatic carbocycles. The van der Waals surface area contributed by atoms with Crippen LogP contribution in [0.5, 0.6) is 0 Å². The summed E-state index contributed by atoms with van der Waals surface area (Å²) >= 11 is 0. The van der Waals surface area contributed by atoms with Crippen LogP contribution in [-0.2, 0) is 0 Å². The van der Waals surface area contributed by atoms with E-state index in [4.69, 9.17) is 0 Å². The number of hydrogen-bond acceptors (Lipinski definition) is 2. The predicted octanol–water partition coefficient (Wildman–Crippen LogP) is 3.36. The molecule has 0 aromatic heterocycles. The van der Waals surface area contributed by atoms with Crippen LogP contribution in [0.2, 0.25) is 0 Å². The van der Waals surface area contributed by atoms with Crippen LogP contribution in [0.3, 0.4) is 0 Å². The van der Waals surface area contributed by atoms with Gasteiger partial charge in [0, 0.05) is 18.5 Å². The Hall–Kier alpha value is -0.340. The van der Waals surface area contributed by atoms with Gasteiger partial charge in [0.25, 0.3) is 0 Å². The summed E-state index contributed by atoms with van der Waals surface area (Å²) in [6.07, 6.45) is 10.7. The summed E-state index contributed by atoms with van der Waals surface area (Å²) in [5, 5.41) is 10.2. The summed E-state index contributed by atoms with van der Waals surface area (Å²) in [5.41, 5.74) is 1.75. The Kier molecular flexibility index (Phi) is 4.85. The molecule has 18 heavy (non-hydrogen) atoms. The average Bonchev–Trinajstić information content (AvgIpc) is 2.70. The molecule has 0 bridgehead atoms. The molecule has 1 saturated heterocycles. The van der Waals surface area contributed by atoms with Gasteiger partial charge in [-0.1, -0.05) is 25.0 Å². The van der Waals surface area contributed by atoms with E-state index in [9.17, 15) is 5.11 Å². The van der Waals surface area contributed by atoms with E-state index in [2.05, 4.69) is 24.8 Å². The molecule has 1 heterocycles. The van der Waals surface area contributed by atoms with Crippen molar-refractivity contribution in [2.24, 2.45) is 5.41 Å². The van der Waals surface area contributed by atoms with Crippen LogP contribution in [0.4, 0.5) is 0 Å². The molecule has 2 heteroatoms. The third kappa shape index (κ3) is 3.16. The lowest BCUT2D eigenvalue weighted by atomic mass is 9.76. The Balaban J connectivity index is 1.84. The number of rotatable bonds is 4. The lowest BCUT2D eigenvalue weighted by molar-refractivity contribution is -0.00890. The lowest BCUT2D eigenvalue weighted by Gasteiger charge is -2.42. The van der Waals surface area contributed by atoms with E-state index in [1.54, 1.807) is 0 Å². The molecule has 2 nitrogen and oxygen atoms in total. The Labute approximate surface area is 112 Å². The standard InChI is InChI=1S/C16H29NO/c1-3-14(2)7-5-11-17-12-6-10-16(13-17)9-4-8-15(16)18/h7,15,18H,3-6,8-13H2,1-2H3/b14-7+/t15-,16-/m1/s1. The molecule has 2 aliphatic rings. The molecule has 104 valence electrons. The molecule has 0 unspecified atom stereocenters. The maximum absolute atomic E-state index is 10.2. The van der Waals surface area contributed by atoms with Gasteiger partial charge in [-0.3, -0.25) is 0 Å². The topological polar surface area (TPSA) is 23.5 Å². The molecule has 0 amide bonds. The quantitative estimate of drug-likeness (QED) is 0.774. The van der Waals surface area contributed by atoms with Crippen molar-refractivity contribution in [3.8, 4) is 0 Å². The van der Waals surface area contributed by atoms with Crippen LogP contribution in [0, 0.1) is 5.41 Å². The smallest absolute Gasteiger partial charge is 0.0608 e. The first-order valence-electron chi connectivity index (χ1n) is 7.72. The molecule has 0 aromatic rings. The molecule has 2 atom stereocenters. The fraction of sp³-hybridized carbons (Fsp3) is 0.875. The predicted molar refractivity (Wildman–Crippen MR) is 76.6 cm³/mol. The largest absolute Gasteiger partial charge is 0.393 e. The highest BCUT2D eigenvalue weighted by Crippen LogP contribution is 2.44. The monoisotopic (exact) mass is 251 g/mol. The molecule has 0 radical (unpaired) electrons. The summed E-state index contributed by atoms with van der Waals surface area (Å²) in [6.45, 7) is 7.97. The molecule has 1 saturated carbocycles. The van der Waals surface area contributed by atoms with Crippen molar-refractivity contribution in [2.75, 3.05) is 19.6 Å². The van der Waals surface area contributed by atoms with Gasteiger partial charge in [-0.25, -0.2) is 0 Å². The second-order valence-electron chi connectivity index (χ2n) is 6.34. The van der Waals surface area contributed by atoms with E-state index >= 15 is 0 Å². The van der Waals surface area contributed by atoms with E-state index in [0.717, 1.165) is 13.0 Å². The van der Waals surface area contributed by atoms with Crippen molar-refractivity contribution >= 4 is 0 Å². The zero-order valence-electron chi connectivity index (χ0n) is 12.1. The molecular weight excluding hydrogens is 222 g/mol. The highest BCUT2D eigenvalue weighted by Gasteiger charge is 2.44. The normalized spacial score (nSPS) is 34.4. The first-order chi connectivity index (χ1) is 8.66. The molecule has 2 rings (SSSR count). The maximum Gasteiger partial charge on any atom is 0.0608 e. The molecule has 0 aromatic carbocycles. The number of hydrogen-bond donors (Lipinski definition) is 1. The average molecular weight is 251 g/mol. The van der Waals surface area contributed by atoms with E-state index < -0.39 is 0 Å². The van der Waals surface area contributed by atoms with Crippen molar-refractivity contribution < 1.29 is 5.11 Å². The van der Waals surface area contributed by atoms with Gasteiger partial charge in [0.1, 0.15) is 0 Å². The van der Waals surface area contributed by atoms with Crippen molar-refractivity contribution in [1.82, 2.24) is 4.90 Å². The second kappa shape index (κ2) is 6.21. The number of likely N-dealkylation sites (tertiary alicyclic amines) is 1. The first-order valence-corrected chi connectivity index (χ1v) is 7.72. The fourth-order valence-electron chi connectivity index (χ4n) is 3.68. The van der Waals surface area contributed by atoms with Crippen LogP contribution in [0.25, 0.3) is 0 Å². The molecular formula is C16H29NO. The number of aliphatic hydroxyl groups is 1. The van der Waals surface area contributed by atoms with Crippen LogP contribution < -0.4 is 0 Å². The number of nitrogens with zero attached hydrogens (tertiary/aromatic N) is 1. The molecule has 1 N–H and O–H groups in total. The summed E-state index contributed by atoms with van der Waals surface area (Å²) in [6, 6.07) is 0. The SMILES string of the molecule is CC/C(C)=C/CCN1CCC[C@]2(CCC[C@H]2O)C1. The van der Waals surface area contributed by atoms with Crippen LogP contribution >= 0.6 is 0 Å². The van der Waals surface area contributed by atoms with Gasteiger partial charge in [-0.05, 0) is 52.0 Å². The third-order valence-electron chi connectivity index (χ3n) is 5.04. The lowest BCUT2D eigenvalue weighted by Crippen LogP contribution is -2.47. The summed E-state index contributed by atoms with van der Waals surface area (Å²) in [5.74, 6) is 0. The minimum atomic E-state index is -0.0341. The van der Waals surface area contributed by atoms with Crippen molar-refractivity contribution in [3.05, 3.63) is 11.6 Å². The van der Waals surface area contributed by atoms with Crippen molar-refractivity contribution in [2.45, 2.75) is 64.9 Å². The van der Waals surface area contributed by atoms with Gasteiger partial charge in [-0.15, -0.1) is 0 Å². The summed E-state index contributed by atoms with van der Waals surface area (Å²) in [4.78, 5) is 2.58. The minimum absolute atomic E-state index is 0.0341. The van der Waals surface area contributed by atoms with E-state index in [1.165, 1.54) is 57.2 Å². The van der Waals surface area contributed by atoms with Gasteiger partial charge in [0.15, 0.2) is 0 Å². The van der Waals surface area contributed by atoms with Crippen LogP contribution in [0.1, 0.15) is 58.8 Å². The van der Waals surface area contributed by atoms with Crippen LogP contribution in [-0.4, -0.2) is 35.7 Å². The van der Waals surface area contributed by atoms with Crippen molar-refractivity contribution in [1.29, 1.82) is 0 Å². The first kappa shape index (κ1) is 14.1. The van der Waals surface area contributed by atoms with Gasteiger partial charge < -0.3 is 10.0 Å². The van der Waals surface area contributed by atoms with E-state index in [0.29, 0.717) is 0 Å². The number of aliphatic hydroxyl groups excluding tert-OH is 1. The van der Waals surface area contributed by atoms with Crippen molar-refractivity contribution in [3.63, 3.8) is 0 Å². The fourth-order valence-corrected chi connectivity index (χ4v) is 3.68. The molecule has 1 spiro atoms. The van der Waals surface area contributed by atoms with Crippen LogP contribution in [0.15, 0.2) is 11.6 Å². The van der Waals surface area contributed by atoms with E-state index in [1.807, 2.05) is 0 Å². The third-order valence-corrected chi connectivity index (χ3v) is 5.04. The number of piperidine rings is 1. The number of allylic oxidation sites excluding steroid dienone is 1.